The molecule has 0 saturated heterocycles. The standard InChI is InChI=1S/C17H22N2O4S/c1-5-22-13(20)7-8-24-16-14(17(21)23-6-2)15-12(4)9-11(3)10-19(15)18-16/h9-10H,5-8H2,1-4H3. The quantitative estimate of drug-likeness (QED) is 0.564. The van der Waals surface area contributed by atoms with E-state index in [1.807, 2.05) is 26.1 Å². The van der Waals surface area contributed by atoms with Crippen LogP contribution in [0.1, 0.15) is 41.8 Å². The molecule has 0 unspecified atom stereocenters. The number of hydrogen-bond acceptors (Lipinski definition) is 6. The van der Waals surface area contributed by atoms with Crippen LogP contribution in [0.2, 0.25) is 0 Å². The predicted octanol–water partition coefficient (Wildman–Crippen LogP) is 3.17. The number of hydrogen-bond donors (Lipinski definition) is 0. The Morgan fingerprint density at radius 1 is 1.21 bits per heavy atom. The molecule has 6 nitrogen and oxygen atoms in total. The molecule has 0 N–H and O–H groups in total. The van der Waals surface area contributed by atoms with E-state index in [2.05, 4.69) is 5.10 Å². The molecule has 0 bridgehead atoms. The molecule has 24 heavy (non-hydrogen) atoms. The van der Waals surface area contributed by atoms with Gasteiger partial charge in [-0.3, -0.25) is 4.79 Å². The molecule has 0 atom stereocenters. The van der Waals surface area contributed by atoms with Crippen LogP contribution < -0.4 is 0 Å². The molecule has 2 rings (SSSR count). The molecule has 0 fully saturated rings. The number of pyridine rings is 1. The molecule has 2 heterocycles. The van der Waals surface area contributed by atoms with Crippen molar-refractivity contribution in [3.63, 3.8) is 0 Å². The fourth-order valence-corrected chi connectivity index (χ4v) is 3.41. The number of thioether (sulfide) groups is 1. The highest BCUT2D eigenvalue weighted by Gasteiger charge is 2.23. The van der Waals surface area contributed by atoms with E-state index < -0.39 is 5.97 Å². The summed E-state index contributed by atoms with van der Waals surface area (Å²) in [4.78, 5) is 23.9. The second-order valence-electron chi connectivity index (χ2n) is 5.30. The van der Waals surface area contributed by atoms with E-state index in [9.17, 15) is 9.59 Å². The maximum absolute atomic E-state index is 12.4. The zero-order chi connectivity index (χ0) is 17.7. The zero-order valence-corrected chi connectivity index (χ0v) is 15.2. The van der Waals surface area contributed by atoms with Crippen LogP contribution in [-0.4, -0.2) is 40.5 Å². The van der Waals surface area contributed by atoms with Gasteiger partial charge in [-0.05, 0) is 38.8 Å². The number of carbonyl (C=O) groups is 2. The normalized spacial score (nSPS) is 10.8. The minimum atomic E-state index is -0.391. The summed E-state index contributed by atoms with van der Waals surface area (Å²) in [6, 6.07) is 2.01. The molecule has 0 spiro atoms. The minimum Gasteiger partial charge on any atom is -0.466 e. The lowest BCUT2D eigenvalue weighted by molar-refractivity contribution is -0.142. The molecule has 2 aromatic rings. The maximum atomic E-state index is 12.4. The van der Waals surface area contributed by atoms with Crippen LogP contribution in [0, 0.1) is 13.8 Å². The largest absolute Gasteiger partial charge is 0.466 e. The first-order valence-electron chi connectivity index (χ1n) is 7.93. The summed E-state index contributed by atoms with van der Waals surface area (Å²) in [5.41, 5.74) is 3.23. The summed E-state index contributed by atoms with van der Waals surface area (Å²) in [7, 11) is 0. The molecule has 2 aromatic heterocycles. The van der Waals surface area contributed by atoms with Crippen LogP contribution in [0.5, 0.6) is 0 Å². The number of aryl methyl sites for hydroxylation is 2. The molecule has 130 valence electrons. The number of ether oxygens (including phenoxy) is 2. The third-order valence-corrected chi connectivity index (χ3v) is 4.32. The summed E-state index contributed by atoms with van der Waals surface area (Å²) in [5, 5.41) is 5.08. The van der Waals surface area contributed by atoms with Gasteiger partial charge in [0, 0.05) is 11.9 Å². The average Bonchev–Trinajstić information content (AvgIpc) is 2.86. The van der Waals surface area contributed by atoms with Gasteiger partial charge in [0.2, 0.25) is 0 Å². The fraction of sp³-hybridized carbons (Fsp3) is 0.471. The first-order chi connectivity index (χ1) is 11.5. The van der Waals surface area contributed by atoms with E-state index in [-0.39, 0.29) is 12.4 Å². The Bertz CT molecular complexity index is 755. The van der Waals surface area contributed by atoms with E-state index >= 15 is 0 Å². The predicted molar refractivity (Wildman–Crippen MR) is 92.6 cm³/mol. The second kappa shape index (κ2) is 8.19. The molecular weight excluding hydrogens is 328 g/mol. The van der Waals surface area contributed by atoms with Gasteiger partial charge in [0.05, 0.1) is 25.2 Å². The van der Waals surface area contributed by atoms with E-state index in [0.717, 1.165) is 16.6 Å². The second-order valence-corrected chi connectivity index (χ2v) is 6.38. The molecular formula is C17H22N2O4S. The van der Waals surface area contributed by atoms with E-state index in [4.69, 9.17) is 9.47 Å². The van der Waals surface area contributed by atoms with Gasteiger partial charge in [0.15, 0.2) is 0 Å². The highest BCUT2D eigenvalue weighted by molar-refractivity contribution is 7.99. The van der Waals surface area contributed by atoms with E-state index in [1.165, 1.54) is 11.8 Å². The van der Waals surface area contributed by atoms with Crippen molar-refractivity contribution in [1.82, 2.24) is 9.61 Å². The van der Waals surface area contributed by atoms with Gasteiger partial charge >= 0.3 is 11.9 Å². The SMILES string of the molecule is CCOC(=O)CCSc1nn2cc(C)cc(C)c2c1C(=O)OCC. The monoisotopic (exact) mass is 350 g/mol. The summed E-state index contributed by atoms with van der Waals surface area (Å²) in [6.07, 6.45) is 2.15. The van der Waals surface area contributed by atoms with Gasteiger partial charge in [-0.2, -0.15) is 5.10 Å². The summed E-state index contributed by atoms with van der Waals surface area (Å²) in [5.74, 6) is -0.149. The molecule has 0 amide bonds. The van der Waals surface area contributed by atoms with Crippen molar-refractivity contribution in [2.24, 2.45) is 0 Å². The lowest BCUT2D eigenvalue weighted by atomic mass is 10.1. The van der Waals surface area contributed by atoms with Gasteiger partial charge in [0.1, 0.15) is 10.6 Å². The molecule has 0 aromatic carbocycles. The topological polar surface area (TPSA) is 69.9 Å². The van der Waals surface area contributed by atoms with Crippen LogP contribution in [0.15, 0.2) is 17.3 Å². The van der Waals surface area contributed by atoms with Crippen LogP contribution in [0.4, 0.5) is 0 Å². The molecule has 7 heteroatoms. The number of esters is 2. The Kier molecular flexibility index (Phi) is 6.25. The molecule has 0 saturated carbocycles. The zero-order valence-electron chi connectivity index (χ0n) is 14.4. The average molecular weight is 350 g/mol. The third kappa shape index (κ3) is 4.08. The maximum Gasteiger partial charge on any atom is 0.343 e. The highest BCUT2D eigenvalue weighted by atomic mass is 32.2. The summed E-state index contributed by atoms with van der Waals surface area (Å²) >= 11 is 1.36. The van der Waals surface area contributed by atoms with Gasteiger partial charge < -0.3 is 9.47 Å². The van der Waals surface area contributed by atoms with E-state index in [1.54, 1.807) is 18.4 Å². The van der Waals surface area contributed by atoms with Crippen LogP contribution >= 0.6 is 11.8 Å². The van der Waals surface area contributed by atoms with Crippen molar-refractivity contribution >= 4 is 29.2 Å². The Morgan fingerprint density at radius 2 is 1.92 bits per heavy atom. The molecule has 0 aliphatic rings. The number of rotatable bonds is 7. The lowest BCUT2D eigenvalue weighted by Crippen LogP contribution is -2.07. The minimum absolute atomic E-state index is 0.251. The van der Waals surface area contributed by atoms with Crippen molar-refractivity contribution in [2.75, 3.05) is 19.0 Å². The van der Waals surface area contributed by atoms with Crippen molar-refractivity contribution in [3.05, 3.63) is 29.0 Å². The number of nitrogens with zero attached hydrogens (tertiary/aromatic N) is 2. The number of fused-ring (bicyclic) bond motifs is 1. The van der Waals surface area contributed by atoms with Gasteiger partial charge in [-0.15, -0.1) is 11.8 Å². The Morgan fingerprint density at radius 3 is 2.58 bits per heavy atom. The molecule has 0 aliphatic heterocycles. The first kappa shape index (κ1) is 18.3. The van der Waals surface area contributed by atoms with Gasteiger partial charge in [0.25, 0.3) is 0 Å². The lowest BCUT2D eigenvalue weighted by Gasteiger charge is -2.05. The van der Waals surface area contributed by atoms with Crippen molar-refractivity contribution in [3.8, 4) is 0 Å². The first-order valence-corrected chi connectivity index (χ1v) is 8.91. The Balaban J connectivity index is 2.33. The van der Waals surface area contributed by atoms with Crippen LogP contribution in [0.25, 0.3) is 5.52 Å². The summed E-state index contributed by atoms with van der Waals surface area (Å²) < 4.78 is 11.8. The Hall–Kier alpha value is -2.02. The van der Waals surface area contributed by atoms with Gasteiger partial charge in [-0.25, -0.2) is 9.31 Å². The van der Waals surface area contributed by atoms with Gasteiger partial charge in [-0.1, -0.05) is 6.07 Å². The summed E-state index contributed by atoms with van der Waals surface area (Å²) in [6.45, 7) is 8.13. The highest BCUT2D eigenvalue weighted by Crippen LogP contribution is 2.29. The molecule has 0 aliphatic carbocycles. The van der Waals surface area contributed by atoms with Crippen molar-refractivity contribution in [2.45, 2.75) is 39.1 Å². The van der Waals surface area contributed by atoms with E-state index in [0.29, 0.717) is 29.6 Å². The fourth-order valence-electron chi connectivity index (χ4n) is 2.48. The van der Waals surface area contributed by atoms with Crippen LogP contribution in [0.3, 0.4) is 0 Å². The van der Waals surface area contributed by atoms with Crippen molar-refractivity contribution < 1.29 is 19.1 Å². The number of aromatic nitrogens is 2. The Labute approximate surface area is 145 Å². The van der Waals surface area contributed by atoms with Crippen LogP contribution in [-0.2, 0) is 14.3 Å². The number of carbonyl (C=O) groups excluding carboxylic acids is 2. The van der Waals surface area contributed by atoms with Crippen molar-refractivity contribution in [1.29, 1.82) is 0 Å². The third-order valence-electron chi connectivity index (χ3n) is 3.35. The molecule has 0 radical (unpaired) electrons. The smallest absolute Gasteiger partial charge is 0.343 e.